The molecule has 0 heterocycles. The van der Waals surface area contributed by atoms with Crippen molar-refractivity contribution >= 4 is 0 Å². The number of rotatable bonds is 5. The molecular weight excluding hydrogens is 208 g/mol. The fourth-order valence-electron chi connectivity index (χ4n) is 2.08. The van der Waals surface area contributed by atoms with E-state index in [9.17, 15) is 0 Å². The zero-order chi connectivity index (χ0) is 13.0. The quantitative estimate of drug-likeness (QED) is 0.818. The van der Waals surface area contributed by atoms with E-state index in [1.807, 2.05) is 7.05 Å². The zero-order valence-corrected chi connectivity index (χ0v) is 12.0. The lowest BCUT2D eigenvalue weighted by Crippen LogP contribution is -2.33. The van der Waals surface area contributed by atoms with Gasteiger partial charge in [0.1, 0.15) is 0 Å². The second kappa shape index (κ2) is 6.18. The Morgan fingerprint density at radius 1 is 1.06 bits per heavy atom. The Bertz CT molecular complexity index is 369. The second-order valence-corrected chi connectivity index (χ2v) is 5.13. The minimum atomic E-state index is 0.386. The molecule has 0 aliphatic carbocycles. The maximum absolute atomic E-state index is 3.49. The van der Waals surface area contributed by atoms with E-state index >= 15 is 0 Å². The van der Waals surface area contributed by atoms with Gasteiger partial charge in [0.05, 0.1) is 0 Å². The summed E-state index contributed by atoms with van der Waals surface area (Å²) in [5.74, 6) is 0. The van der Waals surface area contributed by atoms with Crippen LogP contribution in [0, 0.1) is 20.8 Å². The summed E-state index contributed by atoms with van der Waals surface area (Å²) in [5, 5.41) is 6.89. The van der Waals surface area contributed by atoms with Crippen LogP contribution in [0.3, 0.4) is 0 Å². The lowest BCUT2D eigenvalue weighted by Gasteiger charge is -2.22. The summed E-state index contributed by atoms with van der Waals surface area (Å²) in [6.45, 7) is 11.9. The molecule has 1 atom stereocenters. The van der Waals surface area contributed by atoms with Crippen molar-refractivity contribution < 1.29 is 0 Å². The van der Waals surface area contributed by atoms with Crippen LogP contribution in [-0.4, -0.2) is 19.6 Å². The number of hydrogen-bond donors (Lipinski definition) is 2. The van der Waals surface area contributed by atoms with E-state index < -0.39 is 0 Å². The molecule has 2 nitrogen and oxygen atoms in total. The monoisotopic (exact) mass is 234 g/mol. The molecule has 0 aliphatic rings. The minimum Gasteiger partial charge on any atom is -0.313 e. The Kier molecular flexibility index (Phi) is 5.16. The summed E-state index contributed by atoms with van der Waals surface area (Å²) in [5.41, 5.74) is 5.60. The molecule has 0 aromatic heterocycles. The van der Waals surface area contributed by atoms with Gasteiger partial charge in [0.25, 0.3) is 0 Å². The molecular formula is C15H26N2. The number of nitrogens with one attached hydrogen (secondary N) is 2. The summed E-state index contributed by atoms with van der Waals surface area (Å²) in [6.07, 6.45) is 0. The third-order valence-electron chi connectivity index (χ3n) is 3.55. The van der Waals surface area contributed by atoms with E-state index in [0.29, 0.717) is 12.1 Å². The first-order chi connectivity index (χ1) is 7.97. The number of hydrogen-bond acceptors (Lipinski definition) is 2. The van der Waals surface area contributed by atoms with Crippen molar-refractivity contribution in [3.63, 3.8) is 0 Å². The fourth-order valence-corrected chi connectivity index (χ4v) is 2.08. The first kappa shape index (κ1) is 14.2. The predicted molar refractivity (Wildman–Crippen MR) is 75.6 cm³/mol. The Hall–Kier alpha value is -0.860. The van der Waals surface area contributed by atoms with Crippen LogP contribution < -0.4 is 10.6 Å². The molecule has 1 unspecified atom stereocenters. The van der Waals surface area contributed by atoms with Crippen LogP contribution in [-0.2, 0) is 0 Å². The lowest BCUT2D eigenvalue weighted by atomic mass is 9.94. The highest BCUT2D eigenvalue weighted by Gasteiger charge is 2.13. The SMILES string of the molecule is CNC(CNC(C)C)c1ccc(C)c(C)c1C. The molecule has 0 spiro atoms. The van der Waals surface area contributed by atoms with E-state index in [4.69, 9.17) is 0 Å². The molecule has 1 aromatic carbocycles. The average Bonchev–Trinajstić information content (AvgIpc) is 2.29. The summed E-state index contributed by atoms with van der Waals surface area (Å²) in [7, 11) is 2.03. The lowest BCUT2D eigenvalue weighted by molar-refractivity contribution is 0.490. The van der Waals surface area contributed by atoms with E-state index in [2.05, 4.69) is 57.4 Å². The number of likely N-dealkylation sites (N-methyl/N-ethyl adjacent to an activating group) is 1. The van der Waals surface area contributed by atoms with Crippen molar-refractivity contribution in [2.24, 2.45) is 0 Å². The Morgan fingerprint density at radius 2 is 1.71 bits per heavy atom. The highest BCUT2D eigenvalue weighted by atomic mass is 15.0. The molecule has 1 aromatic rings. The van der Waals surface area contributed by atoms with E-state index in [1.54, 1.807) is 0 Å². The smallest absolute Gasteiger partial charge is 0.0447 e. The van der Waals surface area contributed by atoms with Gasteiger partial charge < -0.3 is 10.6 Å². The molecule has 0 amide bonds. The van der Waals surface area contributed by atoms with E-state index in [0.717, 1.165) is 6.54 Å². The van der Waals surface area contributed by atoms with Crippen LogP contribution in [0.15, 0.2) is 12.1 Å². The highest BCUT2D eigenvalue weighted by Crippen LogP contribution is 2.22. The first-order valence-electron chi connectivity index (χ1n) is 6.44. The molecule has 0 saturated carbocycles. The molecule has 1 rings (SSSR count). The van der Waals surface area contributed by atoms with Gasteiger partial charge >= 0.3 is 0 Å². The van der Waals surface area contributed by atoms with Crippen molar-refractivity contribution in [1.29, 1.82) is 0 Å². The molecule has 0 bridgehead atoms. The van der Waals surface area contributed by atoms with Crippen LogP contribution in [0.2, 0.25) is 0 Å². The van der Waals surface area contributed by atoms with Gasteiger partial charge in [0, 0.05) is 18.6 Å². The molecule has 2 heteroatoms. The molecule has 0 fully saturated rings. The predicted octanol–water partition coefficient (Wildman–Crippen LogP) is 2.87. The maximum Gasteiger partial charge on any atom is 0.0447 e. The molecule has 2 N–H and O–H groups in total. The van der Waals surface area contributed by atoms with Gasteiger partial charge in [-0.25, -0.2) is 0 Å². The maximum atomic E-state index is 3.49. The van der Waals surface area contributed by atoms with Crippen molar-refractivity contribution in [2.75, 3.05) is 13.6 Å². The standard InChI is InChI=1S/C15H26N2/c1-10(2)17-9-15(16-6)14-8-7-11(3)12(4)13(14)5/h7-8,10,15-17H,9H2,1-6H3. The van der Waals surface area contributed by atoms with Crippen LogP contribution >= 0.6 is 0 Å². The summed E-state index contributed by atoms with van der Waals surface area (Å²) in [6, 6.07) is 5.38. The molecule has 17 heavy (non-hydrogen) atoms. The topological polar surface area (TPSA) is 24.1 Å². The van der Waals surface area contributed by atoms with E-state index in [-0.39, 0.29) is 0 Å². The van der Waals surface area contributed by atoms with Gasteiger partial charge in [0.15, 0.2) is 0 Å². The third kappa shape index (κ3) is 3.55. The van der Waals surface area contributed by atoms with Gasteiger partial charge in [-0.1, -0.05) is 26.0 Å². The minimum absolute atomic E-state index is 0.386. The molecule has 0 saturated heterocycles. The van der Waals surface area contributed by atoms with Crippen LogP contribution in [0.1, 0.15) is 42.1 Å². The van der Waals surface area contributed by atoms with Gasteiger partial charge in [-0.05, 0) is 50.1 Å². The summed E-state index contributed by atoms with van der Waals surface area (Å²) in [4.78, 5) is 0. The van der Waals surface area contributed by atoms with Gasteiger partial charge in [-0.2, -0.15) is 0 Å². The Labute approximate surface area is 106 Å². The Morgan fingerprint density at radius 3 is 2.24 bits per heavy atom. The largest absolute Gasteiger partial charge is 0.313 e. The fraction of sp³-hybridized carbons (Fsp3) is 0.600. The molecule has 0 radical (unpaired) electrons. The highest BCUT2D eigenvalue weighted by molar-refractivity contribution is 5.40. The normalized spacial score (nSPS) is 13.1. The van der Waals surface area contributed by atoms with Crippen molar-refractivity contribution in [3.05, 3.63) is 34.4 Å². The Balaban J connectivity index is 2.92. The number of aryl methyl sites for hydroxylation is 1. The van der Waals surface area contributed by atoms with Crippen LogP contribution in [0.25, 0.3) is 0 Å². The van der Waals surface area contributed by atoms with Crippen molar-refractivity contribution in [2.45, 2.75) is 46.7 Å². The van der Waals surface area contributed by atoms with Crippen molar-refractivity contribution in [1.82, 2.24) is 10.6 Å². The molecule has 0 aliphatic heterocycles. The molecule has 96 valence electrons. The zero-order valence-electron chi connectivity index (χ0n) is 12.0. The van der Waals surface area contributed by atoms with Crippen molar-refractivity contribution in [3.8, 4) is 0 Å². The van der Waals surface area contributed by atoms with Gasteiger partial charge in [-0.3, -0.25) is 0 Å². The van der Waals surface area contributed by atoms with Crippen LogP contribution in [0.4, 0.5) is 0 Å². The summed E-state index contributed by atoms with van der Waals surface area (Å²) >= 11 is 0. The summed E-state index contributed by atoms with van der Waals surface area (Å²) < 4.78 is 0. The number of benzene rings is 1. The second-order valence-electron chi connectivity index (χ2n) is 5.13. The van der Waals surface area contributed by atoms with Gasteiger partial charge in [0.2, 0.25) is 0 Å². The van der Waals surface area contributed by atoms with E-state index in [1.165, 1.54) is 22.3 Å². The third-order valence-corrected chi connectivity index (χ3v) is 3.55. The average molecular weight is 234 g/mol. The van der Waals surface area contributed by atoms with Crippen LogP contribution in [0.5, 0.6) is 0 Å². The van der Waals surface area contributed by atoms with Gasteiger partial charge in [-0.15, -0.1) is 0 Å². The first-order valence-corrected chi connectivity index (χ1v) is 6.44.